The van der Waals surface area contributed by atoms with Gasteiger partial charge >= 0.3 is 5.97 Å². The number of esters is 1. The van der Waals surface area contributed by atoms with E-state index in [2.05, 4.69) is 43.5 Å². The van der Waals surface area contributed by atoms with Crippen molar-refractivity contribution in [2.45, 2.75) is 392 Å². The van der Waals surface area contributed by atoms with Gasteiger partial charge in [0.1, 0.15) is 0 Å². The Morgan fingerprint density at radius 1 is 0.373 bits per heavy atom. The third-order valence-electron chi connectivity index (χ3n) is 16.0. The van der Waals surface area contributed by atoms with Crippen molar-refractivity contribution in [1.82, 2.24) is 5.32 Å². The number of aliphatic hydroxyl groups excluding tert-OH is 2. The Labute approximate surface area is 469 Å². The van der Waals surface area contributed by atoms with E-state index in [0.717, 1.165) is 51.4 Å². The Morgan fingerprint density at radius 2 is 0.693 bits per heavy atom. The van der Waals surface area contributed by atoms with Gasteiger partial charge in [-0.25, -0.2) is 0 Å². The first-order valence-corrected chi connectivity index (χ1v) is 34.1. The number of carbonyl (C=O) groups excluding carboxylic acids is 2. The minimum absolute atomic E-state index is 0.00168. The maximum atomic E-state index is 12.5. The minimum Gasteiger partial charge on any atom is -0.466 e. The van der Waals surface area contributed by atoms with Crippen LogP contribution in [-0.2, 0) is 14.3 Å². The maximum Gasteiger partial charge on any atom is 0.305 e. The first-order valence-electron chi connectivity index (χ1n) is 34.1. The molecular formula is C69H133NO5. The molecule has 0 rings (SSSR count). The van der Waals surface area contributed by atoms with Crippen molar-refractivity contribution in [1.29, 1.82) is 0 Å². The van der Waals surface area contributed by atoms with Crippen LogP contribution in [0.15, 0.2) is 24.3 Å². The Hall–Kier alpha value is -1.66. The Bertz CT molecular complexity index is 1170. The van der Waals surface area contributed by atoms with E-state index >= 15 is 0 Å². The largest absolute Gasteiger partial charge is 0.466 e. The maximum absolute atomic E-state index is 12.5. The highest BCUT2D eigenvalue weighted by atomic mass is 16.5. The molecular weight excluding hydrogens is 923 g/mol. The number of aliphatic hydroxyl groups is 2. The summed E-state index contributed by atoms with van der Waals surface area (Å²) in [5, 5.41) is 23.4. The van der Waals surface area contributed by atoms with E-state index < -0.39 is 12.1 Å². The highest BCUT2D eigenvalue weighted by Crippen LogP contribution is 2.19. The summed E-state index contributed by atoms with van der Waals surface area (Å²) in [6.45, 7) is 4.92. The number of allylic oxidation sites excluding steroid dienone is 4. The molecule has 0 aliphatic carbocycles. The number of hydrogen-bond acceptors (Lipinski definition) is 5. The molecule has 2 atom stereocenters. The van der Waals surface area contributed by atoms with Crippen LogP contribution in [0.1, 0.15) is 380 Å². The number of nitrogens with one attached hydrogen (secondary N) is 1. The first kappa shape index (κ1) is 73.3. The van der Waals surface area contributed by atoms with Crippen LogP contribution in [0.25, 0.3) is 0 Å². The molecule has 0 aromatic rings. The Kier molecular flexibility index (Phi) is 63.4. The van der Waals surface area contributed by atoms with Crippen LogP contribution in [0.3, 0.4) is 0 Å². The second kappa shape index (κ2) is 64.9. The lowest BCUT2D eigenvalue weighted by Crippen LogP contribution is -2.45. The number of hydrogen-bond donors (Lipinski definition) is 3. The van der Waals surface area contributed by atoms with E-state index in [4.69, 9.17) is 4.74 Å². The molecule has 0 spiro atoms. The summed E-state index contributed by atoms with van der Waals surface area (Å²) >= 11 is 0. The zero-order valence-electron chi connectivity index (χ0n) is 50.8. The second-order valence-corrected chi connectivity index (χ2v) is 23.5. The molecule has 0 saturated carbocycles. The predicted octanol–water partition coefficient (Wildman–Crippen LogP) is 21.8. The van der Waals surface area contributed by atoms with Gasteiger partial charge in [-0.2, -0.15) is 0 Å². The summed E-state index contributed by atoms with van der Waals surface area (Å²) in [6, 6.07) is -0.541. The molecule has 6 heteroatoms. The van der Waals surface area contributed by atoms with Gasteiger partial charge < -0.3 is 20.3 Å². The second-order valence-electron chi connectivity index (χ2n) is 23.5. The number of ether oxygens (including phenoxy) is 1. The fourth-order valence-electron chi connectivity index (χ4n) is 10.8. The molecule has 0 aliphatic rings. The van der Waals surface area contributed by atoms with Crippen LogP contribution in [-0.4, -0.2) is 47.4 Å². The summed E-state index contributed by atoms with van der Waals surface area (Å²) in [7, 11) is 0. The quantitative estimate of drug-likeness (QED) is 0.0320. The molecule has 0 aliphatic heterocycles. The average molecular weight is 1060 g/mol. The summed E-state index contributed by atoms with van der Waals surface area (Å²) in [4.78, 5) is 24.6. The van der Waals surface area contributed by atoms with Gasteiger partial charge in [0.25, 0.3) is 0 Å². The van der Waals surface area contributed by atoms with E-state index in [-0.39, 0.29) is 18.5 Å². The summed E-state index contributed by atoms with van der Waals surface area (Å²) in [5.74, 6) is -0.0276. The molecule has 0 bridgehead atoms. The topological polar surface area (TPSA) is 95.9 Å². The fraction of sp³-hybridized carbons (Fsp3) is 0.913. The van der Waals surface area contributed by atoms with Gasteiger partial charge in [0.05, 0.1) is 25.4 Å². The van der Waals surface area contributed by atoms with Crippen LogP contribution in [0.2, 0.25) is 0 Å². The van der Waals surface area contributed by atoms with E-state index in [1.54, 1.807) is 0 Å². The molecule has 0 radical (unpaired) electrons. The highest BCUT2D eigenvalue weighted by molar-refractivity contribution is 5.76. The lowest BCUT2D eigenvalue weighted by molar-refractivity contribution is -0.143. The number of carbonyl (C=O) groups is 2. The number of unbranched alkanes of at least 4 members (excludes halogenated alkanes) is 49. The van der Waals surface area contributed by atoms with Crippen LogP contribution >= 0.6 is 0 Å². The van der Waals surface area contributed by atoms with Crippen molar-refractivity contribution in [3.63, 3.8) is 0 Å². The third kappa shape index (κ3) is 61.4. The van der Waals surface area contributed by atoms with Crippen molar-refractivity contribution >= 4 is 11.9 Å². The zero-order valence-corrected chi connectivity index (χ0v) is 50.8. The van der Waals surface area contributed by atoms with E-state index in [1.807, 2.05) is 0 Å². The van der Waals surface area contributed by atoms with Gasteiger partial charge in [-0.05, 0) is 51.4 Å². The molecule has 444 valence electrons. The monoisotopic (exact) mass is 1060 g/mol. The van der Waals surface area contributed by atoms with Gasteiger partial charge in [0, 0.05) is 12.8 Å². The molecule has 75 heavy (non-hydrogen) atoms. The van der Waals surface area contributed by atoms with Crippen molar-refractivity contribution in [2.75, 3.05) is 13.2 Å². The predicted molar refractivity (Wildman–Crippen MR) is 329 cm³/mol. The molecule has 3 N–H and O–H groups in total. The molecule has 0 saturated heterocycles. The van der Waals surface area contributed by atoms with Crippen LogP contribution in [0.4, 0.5) is 0 Å². The molecule has 2 unspecified atom stereocenters. The van der Waals surface area contributed by atoms with Crippen molar-refractivity contribution in [3.8, 4) is 0 Å². The highest BCUT2D eigenvalue weighted by Gasteiger charge is 2.20. The van der Waals surface area contributed by atoms with Crippen LogP contribution in [0, 0.1) is 0 Å². The molecule has 0 heterocycles. The van der Waals surface area contributed by atoms with Gasteiger partial charge in [-0.1, -0.05) is 340 Å². The van der Waals surface area contributed by atoms with E-state index in [9.17, 15) is 19.8 Å². The zero-order chi connectivity index (χ0) is 54.3. The summed E-state index contributed by atoms with van der Waals surface area (Å²) in [6.07, 6.45) is 80.7. The van der Waals surface area contributed by atoms with E-state index in [1.165, 1.54) is 295 Å². The van der Waals surface area contributed by atoms with Gasteiger partial charge in [-0.15, -0.1) is 0 Å². The smallest absolute Gasteiger partial charge is 0.305 e. The lowest BCUT2D eigenvalue weighted by Gasteiger charge is -2.22. The van der Waals surface area contributed by atoms with E-state index in [0.29, 0.717) is 25.9 Å². The van der Waals surface area contributed by atoms with Gasteiger partial charge in [0.15, 0.2) is 0 Å². The van der Waals surface area contributed by atoms with Gasteiger partial charge in [0.2, 0.25) is 5.91 Å². The SMILES string of the molecule is CCC/C=C\C/C=C\CCCCCCCC(=O)OCCCCCCCCCCCCCCCCCCCCCCCCCCCC(=O)NC(CO)C(O)CCCCCCCCCCCCCCCCCCCCCC. The molecule has 0 fully saturated rings. The van der Waals surface area contributed by atoms with Gasteiger partial charge in [-0.3, -0.25) is 9.59 Å². The van der Waals surface area contributed by atoms with Crippen LogP contribution < -0.4 is 5.32 Å². The van der Waals surface area contributed by atoms with Crippen molar-refractivity contribution in [2.24, 2.45) is 0 Å². The first-order chi connectivity index (χ1) is 37.0. The van der Waals surface area contributed by atoms with Crippen LogP contribution in [0.5, 0.6) is 0 Å². The summed E-state index contributed by atoms with van der Waals surface area (Å²) in [5.41, 5.74) is 0. The fourth-order valence-corrected chi connectivity index (χ4v) is 10.8. The van der Waals surface area contributed by atoms with Crippen molar-refractivity contribution < 1.29 is 24.5 Å². The summed E-state index contributed by atoms with van der Waals surface area (Å²) < 4.78 is 5.47. The molecule has 0 aromatic carbocycles. The Balaban J connectivity index is 3.37. The Morgan fingerprint density at radius 3 is 1.07 bits per heavy atom. The molecule has 0 aromatic heterocycles. The lowest BCUT2D eigenvalue weighted by atomic mass is 10.0. The molecule has 1 amide bonds. The van der Waals surface area contributed by atoms with Crippen molar-refractivity contribution in [3.05, 3.63) is 24.3 Å². The normalized spacial score (nSPS) is 12.6. The average Bonchev–Trinajstić information content (AvgIpc) is 3.41. The standard InChI is InChI=1S/C69H133NO5/c1-3-5-7-9-11-13-15-17-18-19-20-28-31-34-38-41-45-49-53-57-61-67(72)66(65-71)70-68(73)62-58-54-50-46-42-39-35-32-29-26-24-22-21-23-25-27-30-33-36-40-44-48-52-56-60-64-75-69(74)63-59-55-51-47-43-37-16-14-12-10-8-6-4-2/h8,10,14,16,66-67,71-72H,3-7,9,11-13,15,17-65H2,1-2H3,(H,70,73)/b10-8-,16-14-. The minimum atomic E-state index is -0.664. The molecule has 6 nitrogen and oxygen atoms in total. The number of amides is 1. The number of rotatable bonds is 64. The third-order valence-corrected chi connectivity index (χ3v) is 16.0.